The average Bonchev–Trinajstić information content (AvgIpc) is 2.87. The number of pyridine rings is 1. The minimum Gasteiger partial charge on any atom is -0.460 e. The first-order valence-corrected chi connectivity index (χ1v) is 13.2. The summed E-state index contributed by atoms with van der Waals surface area (Å²) < 4.78 is 22.1. The maximum Gasteiger partial charge on any atom is 0.312 e. The second kappa shape index (κ2) is 15.9. The molecule has 0 saturated carbocycles. The fourth-order valence-corrected chi connectivity index (χ4v) is 3.76. The Labute approximate surface area is 233 Å². The molecule has 39 heavy (non-hydrogen) atoms. The van der Waals surface area contributed by atoms with E-state index < -0.39 is 28.7 Å². The number of esters is 3. The van der Waals surface area contributed by atoms with Gasteiger partial charge in [-0.05, 0) is 53.4 Å². The van der Waals surface area contributed by atoms with Gasteiger partial charge < -0.3 is 18.9 Å². The van der Waals surface area contributed by atoms with Gasteiger partial charge in [-0.25, -0.2) is 0 Å². The molecule has 0 aliphatic rings. The fourth-order valence-electron chi connectivity index (χ4n) is 3.76. The van der Waals surface area contributed by atoms with Crippen molar-refractivity contribution in [1.29, 1.82) is 0 Å². The van der Waals surface area contributed by atoms with Gasteiger partial charge >= 0.3 is 17.9 Å². The third kappa shape index (κ3) is 10.7. The van der Waals surface area contributed by atoms with Crippen LogP contribution in [0.25, 0.3) is 0 Å². The molecule has 0 amide bonds. The number of carbonyl (C=O) groups is 3. The van der Waals surface area contributed by atoms with Crippen molar-refractivity contribution in [3.05, 3.63) is 23.0 Å². The normalized spacial score (nSPS) is 12.1. The molecular weight excluding hydrogens is 498 g/mol. The monoisotopic (exact) mass is 541 g/mol. The summed E-state index contributed by atoms with van der Waals surface area (Å²) >= 11 is 0. The van der Waals surface area contributed by atoms with Crippen LogP contribution in [-0.4, -0.2) is 36.6 Å². The molecule has 214 valence electrons. The molecule has 0 aliphatic heterocycles. The Hall–Kier alpha value is -3.36. The van der Waals surface area contributed by atoms with Crippen LogP contribution in [0.5, 0.6) is 5.75 Å². The summed E-state index contributed by atoms with van der Waals surface area (Å²) in [6, 6.07) is 0. The minimum atomic E-state index is -0.905. The summed E-state index contributed by atoms with van der Waals surface area (Å²) in [5.74, 6) is 4.08. The van der Waals surface area contributed by atoms with Gasteiger partial charge in [0, 0.05) is 50.3 Å². The van der Waals surface area contributed by atoms with Crippen LogP contribution in [0.1, 0.15) is 90.0 Å². The van der Waals surface area contributed by atoms with Gasteiger partial charge in [-0.2, -0.15) is 0 Å². The molecule has 0 fully saturated rings. The molecule has 1 rings (SSSR count). The molecule has 1 heterocycles. The first kappa shape index (κ1) is 33.7. The third-order valence-corrected chi connectivity index (χ3v) is 6.49. The lowest BCUT2D eigenvalue weighted by molar-refractivity contribution is -0.156. The highest BCUT2D eigenvalue weighted by Gasteiger charge is 2.31. The van der Waals surface area contributed by atoms with Crippen LogP contribution in [0, 0.1) is 48.4 Å². The average molecular weight is 542 g/mol. The van der Waals surface area contributed by atoms with Crippen molar-refractivity contribution in [2.75, 3.05) is 13.7 Å². The SMILES string of the molecule is C#CCC(C)(C)C(=O)OCc1cnc(C)c(OC(=O)CCCC(CC)COC)c1COC(=O)C(C)(C)CC#C. The number of nitrogens with zero attached hydrogens (tertiary/aromatic N) is 1. The van der Waals surface area contributed by atoms with Crippen LogP contribution in [0.2, 0.25) is 0 Å². The zero-order chi connectivity index (χ0) is 29.6. The van der Waals surface area contributed by atoms with Crippen LogP contribution in [-0.2, 0) is 41.8 Å². The van der Waals surface area contributed by atoms with Crippen molar-refractivity contribution in [2.24, 2.45) is 16.7 Å². The van der Waals surface area contributed by atoms with Crippen LogP contribution in [0.4, 0.5) is 0 Å². The Bertz CT molecular complexity index is 1080. The van der Waals surface area contributed by atoms with Gasteiger partial charge in [0.25, 0.3) is 0 Å². The van der Waals surface area contributed by atoms with Crippen molar-refractivity contribution >= 4 is 17.9 Å². The molecule has 0 bridgehead atoms. The predicted octanol–water partition coefficient (Wildman–Crippen LogP) is 5.32. The predicted molar refractivity (Wildman–Crippen MR) is 148 cm³/mol. The maximum atomic E-state index is 12.8. The first-order valence-electron chi connectivity index (χ1n) is 13.2. The Morgan fingerprint density at radius 1 is 1.00 bits per heavy atom. The number of aromatic nitrogens is 1. The number of hydrogen-bond donors (Lipinski definition) is 0. The third-order valence-electron chi connectivity index (χ3n) is 6.49. The maximum absolute atomic E-state index is 12.8. The second-order valence-electron chi connectivity index (χ2n) is 11.0. The van der Waals surface area contributed by atoms with Crippen molar-refractivity contribution in [2.45, 2.75) is 93.3 Å². The molecule has 1 unspecified atom stereocenters. The Morgan fingerprint density at radius 2 is 1.56 bits per heavy atom. The van der Waals surface area contributed by atoms with E-state index in [2.05, 4.69) is 23.7 Å². The Morgan fingerprint density at radius 3 is 2.08 bits per heavy atom. The molecule has 8 nitrogen and oxygen atoms in total. The Kier molecular flexibility index (Phi) is 13.7. The summed E-state index contributed by atoms with van der Waals surface area (Å²) in [7, 11) is 1.66. The zero-order valence-corrected chi connectivity index (χ0v) is 24.5. The number of terminal acetylenes is 2. The highest BCUT2D eigenvalue weighted by molar-refractivity contribution is 5.77. The highest BCUT2D eigenvalue weighted by Crippen LogP contribution is 2.30. The first-order chi connectivity index (χ1) is 18.3. The van der Waals surface area contributed by atoms with E-state index in [1.807, 2.05) is 0 Å². The smallest absolute Gasteiger partial charge is 0.312 e. The molecular formula is C31H43NO7. The topological polar surface area (TPSA) is 101 Å². The summed E-state index contributed by atoms with van der Waals surface area (Å²) in [6.07, 6.45) is 15.3. The van der Waals surface area contributed by atoms with Crippen molar-refractivity contribution in [1.82, 2.24) is 4.98 Å². The Balaban J connectivity index is 3.20. The lowest BCUT2D eigenvalue weighted by Crippen LogP contribution is -2.27. The van der Waals surface area contributed by atoms with Gasteiger partial charge in [-0.3, -0.25) is 19.4 Å². The summed E-state index contributed by atoms with van der Waals surface area (Å²) in [5.41, 5.74) is -0.507. The van der Waals surface area contributed by atoms with E-state index in [1.54, 1.807) is 41.7 Å². The molecule has 0 aromatic carbocycles. The van der Waals surface area contributed by atoms with E-state index in [-0.39, 0.29) is 38.2 Å². The lowest BCUT2D eigenvalue weighted by Gasteiger charge is -2.23. The van der Waals surface area contributed by atoms with E-state index in [1.165, 1.54) is 6.20 Å². The summed E-state index contributed by atoms with van der Waals surface area (Å²) in [4.78, 5) is 42.5. The van der Waals surface area contributed by atoms with Crippen LogP contribution in [0.3, 0.4) is 0 Å². The number of hydrogen-bond acceptors (Lipinski definition) is 8. The lowest BCUT2D eigenvalue weighted by atomic mass is 9.90. The highest BCUT2D eigenvalue weighted by atomic mass is 16.6. The number of ether oxygens (including phenoxy) is 4. The van der Waals surface area contributed by atoms with Crippen LogP contribution in [0.15, 0.2) is 6.20 Å². The quantitative estimate of drug-likeness (QED) is 0.205. The molecule has 1 atom stereocenters. The van der Waals surface area contributed by atoms with Crippen molar-refractivity contribution < 1.29 is 33.3 Å². The fraction of sp³-hybridized carbons (Fsp3) is 0.613. The molecule has 1 aromatic heterocycles. The van der Waals surface area contributed by atoms with Gasteiger partial charge in [0.1, 0.15) is 13.2 Å². The molecule has 0 spiro atoms. The van der Waals surface area contributed by atoms with E-state index >= 15 is 0 Å². The van der Waals surface area contributed by atoms with E-state index in [0.717, 1.165) is 12.8 Å². The van der Waals surface area contributed by atoms with Gasteiger partial charge in [0.2, 0.25) is 0 Å². The van der Waals surface area contributed by atoms with E-state index in [4.69, 9.17) is 31.8 Å². The van der Waals surface area contributed by atoms with Gasteiger partial charge in [0.05, 0.1) is 16.5 Å². The van der Waals surface area contributed by atoms with Crippen LogP contribution >= 0.6 is 0 Å². The molecule has 0 radical (unpaired) electrons. The molecule has 0 saturated heterocycles. The molecule has 0 N–H and O–H groups in total. The van der Waals surface area contributed by atoms with E-state index in [0.29, 0.717) is 35.8 Å². The zero-order valence-electron chi connectivity index (χ0n) is 24.5. The number of rotatable bonds is 16. The summed E-state index contributed by atoms with van der Waals surface area (Å²) in [6.45, 7) is 10.8. The van der Waals surface area contributed by atoms with Crippen molar-refractivity contribution in [3.63, 3.8) is 0 Å². The van der Waals surface area contributed by atoms with E-state index in [9.17, 15) is 14.4 Å². The standard InChI is InChI=1S/C31H43NO7/c1-10-16-30(5,6)28(34)37-20-24-18-32-22(4)27(25(24)21-38-29(35)31(7,8)17-11-2)39-26(33)15-13-14-23(12-3)19-36-9/h1-2,18,23H,12-17,19-21H2,3-9H3. The van der Waals surface area contributed by atoms with Crippen molar-refractivity contribution in [3.8, 4) is 30.4 Å². The molecule has 1 aromatic rings. The largest absolute Gasteiger partial charge is 0.460 e. The second-order valence-corrected chi connectivity index (χ2v) is 11.0. The number of methoxy groups -OCH3 is 1. The van der Waals surface area contributed by atoms with Crippen LogP contribution < -0.4 is 4.74 Å². The number of carbonyl (C=O) groups excluding carboxylic acids is 3. The van der Waals surface area contributed by atoms with Gasteiger partial charge in [-0.1, -0.05) is 13.3 Å². The molecule has 0 aliphatic carbocycles. The van der Waals surface area contributed by atoms with Gasteiger partial charge in [-0.15, -0.1) is 24.7 Å². The molecule has 8 heteroatoms. The summed E-state index contributed by atoms with van der Waals surface area (Å²) in [5, 5.41) is 0. The minimum absolute atomic E-state index is 0.166. The number of aryl methyl sites for hydroxylation is 1. The van der Waals surface area contributed by atoms with Gasteiger partial charge in [0.15, 0.2) is 5.75 Å².